The highest BCUT2D eigenvalue weighted by Crippen LogP contribution is 2.16. The maximum absolute atomic E-state index is 11.8. The smallest absolute Gasteiger partial charge is 0.223 e. The van der Waals surface area contributed by atoms with Crippen LogP contribution in [0.2, 0.25) is 0 Å². The van der Waals surface area contributed by atoms with Crippen molar-refractivity contribution in [1.29, 1.82) is 0 Å². The molecule has 0 spiro atoms. The van der Waals surface area contributed by atoms with Gasteiger partial charge < -0.3 is 4.90 Å². The van der Waals surface area contributed by atoms with Gasteiger partial charge in [0.2, 0.25) is 5.91 Å². The van der Waals surface area contributed by atoms with E-state index in [1.807, 2.05) is 4.90 Å². The first-order chi connectivity index (χ1) is 7.59. The summed E-state index contributed by atoms with van der Waals surface area (Å²) >= 11 is 0. The van der Waals surface area contributed by atoms with Gasteiger partial charge in [0.15, 0.2) is 0 Å². The van der Waals surface area contributed by atoms with E-state index in [-0.39, 0.29) is 5.91 Å². The average Bonchev–Trinajstić information content (AvgIpc) is 2.25. The van der Waals surface area contributed by atoms with Gasteiger partial charge in [-0.25, -0.2) is 0 Å². The summed E-state index contributed by atoms with van der Waals surface area (Å²) in [7, 11) is 0. The van der Waals surface area contributed by atoms with Crippen molar-refractivity contribution in [2.75, 3.05) is 13.1 Å². The first kappa shape index (κ1) is 13.1. The maximum atomic E-state index is 11.8. The molecule has 0 bridgehead atoms. The zero-order chi connectivity index (χ0) is 12.0. The predicted octanol–water partition coefficient (Wildman–Crippen LogP) is 2.68. The van der Waals surface area contributed by atoms with Crippen molar-refractivity contribution in [3.63, 3.8) is 0 Å². The molecule has 1 fully saturated rings. The summed E-state index contributed by atoms with van der Waals surface area (Å²) in [6.45, 7) is 8.28. The Bertz CT molecular complexity index is 277. The molecule has 2 nitrogen and oxygen atoms in total. The zero-order valence-electron chi connectivity index (χ0n) is 10.8. The number of hydrogen-bond donors (Lipinski definition) is 0. The summed E-state index contributed by atoms with van der Waals surface area (Å²) in [6, 6.07) is 0. The number of rotatable bonds is 2. The minimum Gasteiger partial charge on any atom is -0.343 e. The van der Waals surface area contributed by atoms with E-state index in [0.717, 1.165) is 31.8 Å². The maximum Gasteiger partial charge on any atom is 0.223 e. The van der Waals surface area contributed by atoms with E-state index in [1.54, 1.807) is 0 Å². The Labute approximate surface area is 99.4 Å². The molecule has 0 radical (unpaired) electrons. The second-order valence-corrected chi connectivity index (χ2v) is 5.04. The lowest BCUT2D eigenvalue weighted by atomic mass is 9.99. The van der Waals surface area contributed by atoms with Crippen LogP contribution in [0.25, 0.3) is 0 Å². The number of carbonyl (C=O) groups is 1. The summed E-state index contributed by atoms with van der Waals surface area (Å²) < 4.78 is 0. The van der Waals surface area contributed by atoms with Gasteiger partial charge in [-0.3, -0.25) is 4.79 Å². The van der Waals surface area contributed by atoms with Crippen LogP contribution in [0.3, 0.4) is 0 Å². The van der Waals surface area contributed by atoms with Crippen molar-refractivity contribution >= 4 is 5.91 Å². The van der Waals surface area contributed by atoms with Crippen LogP contribution in [0.1, 0.15) is 46.5 Å². The Hall–Kier alpha value is -0.970. The van der Waals surface area contributed by atoms with Crippen LogP contribution < -0.4 is 0 Å². The number of hydrogen-bond acceptors (Lipinski definition) is 1. The van der Waals surface area contributed by atoms with Crippen LogP contribution in [0.5, 0.6) is 0 Å². The number of nitrogens with zero attached hydrogens (tertiary/aromatic N) is 1. The molecule has 1 aliphatic heterocycles. The molecule has 0 aliphatic carbocycles. The number of carbonyl (C=O) groups excluding carboxylic acids is 1. The summed E-state index contributed by atoms with van der Waals surface area (Å²) in [6.07, 6.45) is 3.62. The van der Waals surface area contributed by atoms with Gasteiger partial charge in [0, 0.05) is 31.8 Å². The molecule has 90 valence electrons. The Balaban J connectivity index is 2.23. The Morgan fingerprint density at radius 2 is 2.00 bits per heavy atom. The second-order valence-electron chi connectivity index (χ2n) is 5.04. The van der Waals surface area contributed by atoms with Crippen molar-refractivity contribution in [2.45, 2.75) is 46.5 Å². The van der Waals surface area contributed by atoms with Crippen molar-refractivity contribution in [3.05, 3.63) is 0 Å². The fraction of sp³-hybridized carbons (Fsp3) is 0.786. The van der Waals surface area contributed by atoms with Gasteiger partial charge in [-0.05, 0) is 18.8 Å². The summed E-state index contributed by atoms with van der Waals surface area (Å²) in [4.78, 5) is 13.8. The summed E-state index contributed by atoms with van der Waals surface area (Å²) in [5, 5.41) is 0. The quantitative estimate of drug-likeness (QED) is 0.656. The van der Waals surface area contributed by atoms with Gasteiger partial charge >= 0.3 is 0 Å². The molecule has 2 heteroatoms. The molecule has 0 atom stereocenters. The topological polar surface area (TPSA) is 20.3 Å². The Morgan fingerprint density at radius 3 is 2.56 bits per heavy atom. The van der Waals surface area contributed by atoms with Crippen LogP contribution >= 0.6 is 0 Å². The lowest BCUT2D eigenvalue weighted by Crippen LogP contribution is -2.37. The molecule has 1 heterocycles. The number of amides is 1. The fourth-order valence-electron chi connectivity index (χ4n) is 1.86. The second kappa shape index (κ2) is 6.58. The van der Waals surface area contributed by atoms with Crippen LogP contribution in [0.15, 0.2) is 0 Å². The molecular formula is C14H23NO. The minimum atomic E-state index is 0.282. The third kappa shape index (κ3) is 4.70. The van der Waals surface area contributed by atoms with Gasteiger partial charge in [0.05, 0.1) is 0 Å². The highest BCUT2D eigenvalue weighted by molar-refractivity contribution is 5.76. The van der Waals surface area contributed by atoms with Gasteiger partial charge in [0.1, 0.15) is 0 Å². The largest absolute Gasteiger partial charge is 0.343 e. The van der Waals surface area contributed by atoms with Crippen LogP contribution in [-0.2, 0) is 4.79 Å². The van der Waals surface area contributed by atoms with Crippen molar-refractivity contribution in [1.82, 2.24) is 4.90 Å². The van der Waals surface area contributed by atoms with Crippen LogP contribution in [-0.4, -0.2) is 23.9 Å². The van der Waals surface area contributed by atoms with Gasteiger partial charge in [-0.1, -0.05) is 20.8 Å². The first-order valence-corrected chi connectivity index (χ1v) is 6.35. The van der Waals surface area contributed by atoms with Crippen molar-refractivity contribution in [3.8, 4) is 11.8 Å². The highest BCUT2D eigenvalue weighted by atomic mass is 16.2. The van der Waals surface area contributed by atoms with Crippen LogP contribution in [0.4, 0.5) is 0 Å². The third-order valence-electron chi connectivity index (χ3n) is 2.99. The van der Waals surface area contributed by atoms with Gasteiger partial charge in [0.25, 0.3) is 0 Å². The van der Waals surface area contributed by atoms with Gasteiger partial charge in [-0.2, -0.15) is 0 Å². The molecule has 0 saturated carbocycles. The van der Waals surface area contributed by atoms with Crippen LogP contribution in [0, 0.1) is 23.7 Å². The standard InChI is InChI=1S/C14H23NO/c1-12(2)6-4-5-7-14(16)15-10-8-13(3)9-11-15/h12-13H,5,7-11H2,1-3H3. The first-order valence-electron chi connectivity index (χ1n) is 6.35. The van der Waals surface area contributed by atoms with E-state index in [1.165, 1.54) is 0 Å². The van der Waals surface area contributed by atoms with E-state index in [2.05, 4.69) is 32.6 Å². The molecule has 1 aliphatic rings. The van der Waals surface area contributed by atoms with E-state index in [0.29, 0.717) is 18.8 Å². The van der Waals surface area contributed by atoms with E-state index >= 15 is 0 Å². The Morgan fingerprint density at radius 1 is 1.38 bits per heavy atom. The molecule has 0 unspecified atom stereocenters. The minimum absolute atomic E-state index is 0.282. The SMILES string of the molecule is CC(C)C#CCCC(=O)N1CCC(C)CC1. The van der Waals surface area contributed by atoms with Crippen molar-refractivity contribution < 1.29 is 4.79 Å². The molecule has 0 aromatic carbocycles. The normalized spacial score (nSPS) is 17.1. The van der Waals surface area contributed by atoms with Gasteiger partial charge in [-0.15, -0.1) is 11.8 Å². The van der Waals surface area contributed by atoms with Crippen molar-refractivity contribution in [2.24, 2.45) is 11.8 Å². The molecule has 0 aromatic rings. The molecule has 1 saturated heterocycles. The molecular weight excluding hydrogens is 198 g/mol. The monoisotopic (exact) mass is 221 g/mol. The fourth-order valence-corrected chi connectivity index (χ4v) is 1.86. The molecule has 0 aromatic heterocycles. The van der Waals surface area contributed by atoms with E-state index in [4.69, 9.17) is 0 Å². The average molecular weight is 221 g/mol. The summed E-state index contributed by atoms with van der Waals surface area (Å²) in [5.74, 6) is 7.63. The molecule has 0 N–H and O–H groups in total. The Kier molecular flexibility index (Phi) is 5.38. The lowest BCUT2D eigenvalue weighted by Gasteiger charge is -2.30. The highest BCUT2D eigenvalue weighted by Gasteiger charge is 2.19. The molecule has 1 amide bonds. The predicted molar refractivity (Wildman–Crippen MR) is 66.8 cm³/mol. The third-order valence-corrected chi connectivity index (χ3v) is 2.99. The zero-order valence-corrected chi connectivity index (χ0v) is 10.8. The van der Waals surface area contributed by atoms with E-state index in [9.17, 15) is 4.79 Å². The number of piperidine rings is 1. The summed E-state index contributed by atoms with van der Waals surface area (Å²) in [5.41, 5.74) is 0. The number of likely N-dealkylation sites (tertiary alicyclic amines) is 1. The van der Waals surface area contributed by atoms with E-state index < -0.39 is 0 Å². The molecule has 16 heavy (non-hydrogen) atoms. The molecule has 1 rings (SSSR count). The lowest BCUT2D eigenvalue weighted by molar-refractivity contribution is -0.132.